The summed E-state index contributed by atoms with van der Waals surface area (Å²) in [6.07, 6.45) is 0. The van der Waals surface area contributed by atoms with Gasteiger partial charge < -0.3 is 5.11 Å². The standard InChI is InChI=1S/C13H18ClFO/c1-8(2)10-5-9(13(3,4)7-16)6-11(14)12(10)15/h5-6,8,16H,7H2,1-4H3. The quantitative estimate of drug-likeness (QED) is 0.856. The molecule has 0 saturated heterocycles. The molecule has 0 radical (unpaired) electrons. The summed E-state index contributed by atoms with van der Waals surface area (Å²) in [4.78, 5) is 0. The van der Waals surface area contributed by atoms with Crippen molar-refractivity contribution in [3.05, 3.63) is 34.1 Å². The predicted molar refractivity (Wildman–Crippen MR) is 65.6 cm³/mol. The van der Waals surface area contributed by atoms with Crippen molar-refractivity contribution in [2.75, 3.05) is 6.61 Å². The third-order valence-corrected chi connectivity index (χ3v) is 3.13. The van der Waals surface area contributed by atoms with E-state index in [1.165, 1.54) is 0 Å². The molecule has 0 spiro atoms. The second kappa shape index (κ2) is 4.72. The number of hydrogen-bond donors (Lipinski definition) is 1. The summed E-state index contributed by atoms with van der Waals surface area (Å²) in [5, 5.41) is 9.43. The van der Waals surface area contributed by atoms with Gasteiger partial charge >= 0.3 is 0 Å². The second-order valence-electron chi connectivity index (χ2n) is 5.06. The van der Waals surface area contributed by atoms with E-state index in [9.17, 15) is 9.50 Å². The Labute approximate surface area is 101 Å². The first kappa shape index (κ1) is 13.5. The van der Waals surface area contributed by atoms with Gasteiger partial charge in [0, 0.05) is 5.41 Å². The lowest BCUT2D eigenvalue weighted by Crippen LogP contribution is -2.22. The minimum Gasteiger partial charge on any atom is -0.395 e. The van der Waals surface area contributed by atoms with E-state index in [2.05, 4.69) is 0 Å². The minimum atomic E-state index is -0.402. The van der Waals surface area contributed by atoms with E-state index in [-0.39, 0.29) is 23.4 Å². The van der Waals surface area contributed by atoms with Crippen LogP contribution in [0.1, 0.15) is 44.7 Å². The van der Waals surface area contributed by atoms with Crippen molar-refractivity contribution in [2.45, 2.75) is 39.0 Å². The average molecular weight is 245 g/mol. The Bertz CT molecular complexity index is 386. The van der Waals surface area contributed by atoms with Gasteiger partial charge in [-0.2, -0.15) is 0 Å². The van der Waals surface area contributed by atoms with Crippen molar-refractivity contribution < 1.29 is 9.50 Å². The summed E-state index contributed by atoms with van der Waals surface area (Å²) in [5.41, 5.74) is 1.06. The molecule has 0 aliphatic heterocycles. The van der Waals surface area contributed by atoms with Gasteiger partial charge in [-0.05, 0) is 23.1 Å². The minimum absolute atomic E-state index is 0.00644. The first-order chi connectivity index (χ1) is 7.29. The molecule has 16 heavy (non-hydrogen) atoms. The van der Waals surface area contributed by atoms with Crippen molar-refractivity contribution in [1.82, 2.24) is 0 Å². The molecule has 0 atom stereocenters. The van der Waals surface area contributed by atoms with Crippen LogP contribution in [0.5, 0.6) is 0 Å². The molecule has 0 aliphatic rings. The molecule has 0 aliphatic carbocycles. The molecule has 1 nitrogen and oxygen atoms in total. The zero-order chi connectivity index (χ0) is 12.5. The van der Waals surface area contributed by atoms with Crippen molar-refractivity contribution in [3.63, 3.8) is 0 Å². The largest absolute Gasteiger partial charge is 0.395 e. The molecule has 0 fully saturated rings. The van der Waals surface area contributed by atoms with Crippen LogP contribution in [-0.4, -0.2) is 11.7 Å². The molecule has 0 aromatic heterocycles. The van der Waals surface area contributed by atoms with Crippen LogP contribution in [-0.2, 0) is 5.41 Å². The van der Waals surface area contributed by atoms with Crippen molar-refractivity contribution in [2.24, 2.45) is 0 Å². The number of benzene rings is 1. The molecule has 1 N–H and O–H groups in total. The lowest BCUT2D eigenvalue weighted by Gasteiger charge is -2.24. The maximum atomic E-state index is 13.7. The monoisotopic (exact) mass is 244 g/mol. The van der Waals surface area contributed by atoms with E-state index in [1.807, 2.05) is 27.7 Å². The van der Waals surface area contributed by atoms with Crippen LogP contribution in [0.4, 0.5) is 4.39 Å². The van der Waals surface area contributed by atoms with Gasteiger partial charge in [0.2, 0.25) is 0 Å². The van der Waals surface area contributed by atoms with E-state index < -0.39 is 5.41 Å². The molecule has 3 heteroatoms. The molecular weight excluding hydrogens is 227 g/mol. The zero-order valence-corrected chi connectivity index (χ0v) is 10.9. The van der Waals surface area contributed by atoms with Crippen LogP contribution >= 0.6 is 11.6 Å². The number of hydrogen-bond acceptors (Lipinski definition) is 1. The Kier molecular flexibility index (Phi) is 3.97. The van der Waals surface area contributed by atoms with Gasteiger partial charge in [-0.25, -0.2) is 4.39 Å². The molecule has 90 valence electrons. The fraction of sp³-hybridized carbons (Fsp3) is 0.538. The summed E-state index contributed by atoms with van der Waals surface area (Å²) in [7, 11) is 0. The van der Waals surface area contributed by atoms with Crippen LogP contribution < -0.4 is 0 Å². The molecule has 0 saturated carbocycles. The highest BCUT2D eigenvalue weighted by atomic mass is 35.5. The molecule has 1 aromatic rings. The van der Waals surface area contributed by atoms with Gasteiger partial charge in [0.15, 0.2) is 0 Å². The number of halogens is 2. The van der Waals surface area contributed by atoms with Gasteiger partial charge in [0.05, 0.1) is 11.6 Å². The fourth-order valence-electron chi connectivity index (χ4n) is 1.51. The lowest BCUT2D eigenvalue weighted by atomic mass is 9.83. The Balaban J connectivity index is 3.35. The van der Waals surface area contributed by atoms with E-state index in [1.54, 1.807) is 12.1 Å². The van der Waals surface area contributed by atoms with Crippen molar-refractivity contribution in [1.29, 1.82) is 0 Å². The zero-order valence-electron chi connectivity index (χ0n) is 10.1. The van der Waals surface area contributed by atoms with Crippen molar-refractivity contribution >= 4 is 11.6 Å². The average Bonchev–Trinajstić information content (AvgIpc) is 2.21. The van der Waals surface area contributed by atoms with Crippen LogP contribution in [0.25, 0.3) is 0 Å². The lowest BCUT2D eigenvalue weighted by molar-refractivity contribution is 0.218. The third-order valence-electron chi connectivity index (χ3n) is 2.86. The van der Waals surface area contributed by atoms with E-state index in [0.717, 1.165) is 5.56 Å². The summed E-state index contributed by atoms with van der Waals surface area (Å²) in [6, 6.07) is 3.39. The van der Waals surface area contributed by atoms with E-state index in [0.29, 0.717) is 5.56 Å². The Morgan fingerprint density at radius 3 is 2.38 bits per heavy atom. The molecule has 0 unspecified atom stereocenters. The SMILES string of the molecule is CC(C)c1cc(C(C)(C)CO)cc(Cl)c1F. The smallest absolute Gasteiger partial charge is 0.145 e. The fourth-order valence-corrected chi connectivity index (χ4v) is 1.74. The van der Waals surface area contributed by atoms with Crippen LogP contribution in [0.2, 0.25) is 5.02 Å². The first-order valence-corrected chi connectivity index (χ1v) is 5.77. The summed E-state index contributed by atoms with van der Waals surface area (Å²) < 4.78 is 13.7. The molecule has 0 bridgehead atoms. The number of aliphatic hydroxyl groups excluding tert-OH is 1. The normalized spacial score (nSPS) is 12.2. The molecule has 1 aromatic carbocycles. The van der Waals surface area contributed by atoms with Gasteiger partial charge in [0.1, 0.15) is 5.82 Å². The Hall–Kier alpha value is -0.600. The first-order valence-electron chi connectivity index (χ1n) is 5.40. The van der Waals surface area contributed by atoms with Crippen molar-refractivity contribution in [3.8, 4) is 0 Å². The van der Waals surface area contributed by atoms with Crippen LogP contribution in [0.3, 0.4) is 0 Å². The van der Waals surface area contributed by atoms with Crippen LogP contribution in [0, 0.1) is 5.82 Å². The summed E-state index contributed by atoms with van der Waals surface area (Å²) in [5.74, 6) is -0.277. The molecule has 0 amide bonds. The highest BCUT2D eigenvalue weighted by Crippen LogP contribution is 2.32. The maximum absolute atomic E-state index is 13.7. The number of aliphatic hydroxyl groups is 1. The molecule has 1 rings (SSSR count). The number of rotatable bonds is 3. The maximum Gasteiger partial charge on any atom is 0.145 e. The molecule has 0 heterocycles. The highest BCUT2D eigenvalue weighted by molar-refractivity contribution is 6.30. The Morgan fingerprint density at radius 1 is 1.38 bits per heavy atom. The predicted octanol–water partition coefficient (Wildman–Crippen LogP) is 3.87. The second-order valence-corrected chi connectivity index (χ2v) is 5.47. The van der Waals surface area contributed by atoms with Gasteiger partial charge in [0.25, 0.3) is 0 Å². The van der Waals surface area contributed by atoms with Gasteiger partial charge in [-0.1, -0.05) is 45.4 Å². The molecular formula is C13H18ClFO. The van der Waals surface area contributed by atoms with E-state index in [4.69, 9.17) is 11.6 Å². The summed E-state index contributed by atoms with van der Waals surface area (Å²) >= 11 is 5.87. The Morgan fingerprint density at radius 2 is 1.94 bits per heavy atom. The van der Waals surface area contributed by atoms with Crippen LogP contribution in [0.15, 0.2) is 12.1 Å². The summed E-state index contributed by atoms with van der Waals surface area (Å²) in [6.45, 7) is 7.66. The van der Waals surface area contributed by atoms with E-state index >= 15 is 0 Å². The topological polar surface area (TPSA) is 20.2 Å². The van der Waals surface area contributed by atoms with Gasteiger partial charge in [-0.15, -0.1) is 0 Å². The highest BCUT2D eigenvalue weighted by Gasteiger charge is 2.23. The van der Waals surface area contributed by atoms with Gasteiger partial charge in [-0.3, -0.25) is 0 Å². The third kappa shape index (κ3) is 2.55.